The molecule has 1 aromatic rings. The fourth-order valence-electron chi connectivity index (χ4n) is 2.22. The molecular formula is C13H14N2O3. The molecule has 0 aromatic heterocycles. The summed E-state index contributed by atoms with van der Waals surface area (Å²) in [6, 6.07) is 6.68. The van der Waals surface area contributed by atoms with Crippen molar-refractivity contribution in [3.05, 3.63) is 29.3 Å². The maximum absolute atomic E-state index is 10.9. The quantitative estimate of drug-likeness (QED) is 0.833. The Labute approximate surface area is 105 Å². The number of benzene rings is 1. The summed E-state index contributed by atoms with van der Waals surface area (Å²) in [4.78, 5) is 13.0. The van der Waals surface area contributed by atoms with Crippen molar-refractivity contribution in [2.45, 2.75) is 6.42 Å². The second kappa shape index (κ2) is 5.07. The molecule has 5 nitrogen and oxygen atoms in total. The molecule has 0 unspecified atom stereocenters. The first kappa shape index (κ1) is 12.4. The lowest BCUT2D eigenvalue weighted by Gasteiger charge is -2.19. The smallest absolute Gasteiger partial charge is 0.337 e. The Bertz CT molecular complexity index is 507. The van der Waals surface area contributed by atoms with Gasteiger partial charge in [-0.05, 0) is 24.6 Å². The van der Waals surface area contributed by atoms with Crippen LogP contribution in [0, 0.1) is 17.2 Å². The highest BCUT2D eigenvalue weighted by molar-refractivity contribution is 5.91. The summed E-state index contributed by atoms with van der Waals surface area (Å²) in [7, 11) is 0. The van der Waals surface area contributed by atoms with Crippen molar-refractivity contribution in [3.8, 4) is 6.07 Å². The lowest BCUT2D eigenvalue weighted by Crippen LogP contribution is -2.20. The van der Waals surface area contributed by atoms with Crippen LogP contribution in [0.15, 0.2) is 18.2 Å². The Morgan fingerprint density at radius 2 is 2.33 bits per heavy atom. The highest BCUT2D eigenvalue weighted by Gasteiger charge is 2.23. The molecule has 2 rings (SSSR count). The molecule has 0 radical (unpaired) electrons. The maximum atomic E-state index is 10.9. The van der Waals surface area contributed by atoms with Crippen LogP contribution in [0.4, 0.5) is 5.69 Å². The van der Waals surface area contributed by atoms with Crippen molar-refractivity contribution >= 4 is 11.7 Å². The number of nitriles is 1. The first-order valence-corrected chi connectivity index (χ1v) is 5.79. The van der Waals surface area contributed by atoms with Gasteiger partial charge in [0, 0.05) is 31.3 Å². The van der Waals surface area contributed by atoms with Crippen LogP contribution < -0.4 is 4.90 Å². The molecule has 18 heavy (non-hydrogen) atoms. The number of hydrogen-bond donors (Lipinski definition) is 2. The summed E-state index contributed by atoms with van der Waals surface area (Å²) < 4.78 is 0. The second-order valence-electron chi connectivity index (χ2n) is 4.43. The summed E-state index contributed by atoms with van der Waals surface area (Å²) in [5.41, 5.74) is 1.04. The lowest BCUT2D eigenvalue weighted by atomic mass is 10.1. The van der Waals surface area contributed by atoms with Gasteiger partial charge in [-0.25, -0.2) is 4.79 Å². The molecule has 1 aromatic carbocycles. The van der Waals surface area contributed by atoms with Crippen molar-refractivity contribution in [1.82, 2.24) is 0 Å². The van der Waals surface area contributed by atoms with Gasteiger partial charge in [-0.2, -0.15) is 5.26 Å². The Hall–Kier alpha value is -2.06. The molecule has 94 valence electrons. The minimum Gasteiger partial charge on any atom is -0.478 e. The van der Waals surface area contributed by atoms with Gasteiger partial charge in [-0.15, -0.1) is 0 Å². The van der Waals surface area contributed by atoms with Gasteiger partial charge in [0.25, 0.3) is 0 Å². The van der Waals surface area contributed by atoms with E-state index >= 15 is 0 Å². The highest BCUT2D eigenvalue weighted by Crippen LogP contribution is 2.25. The highest BCUT2D eigenvalue weighted by atomic mass is 16.4. The number of carboxylic acid groups (broad SMARTS) is 1. The standard InChI is InChI=1S/C13H14N2O3/c14-6-10-5-11(1-2-12(10)13(17)18)15-4-3-9(7-15)8-16/h1-2,5,9,16H,3-4,7-8H2,(H,17,18)/t9-/m1/s1. The zero-order chi connectivity index (χ0) is 13.1. The van der Waals surface area contributed by atoms with Crippen molar-refractivity contribution in [3.63, 3.8) is 0 Å². The van der Waals surface area contributed by atoms with Crippen LogP contribution >= 0.6 is 0 Å². The van der Waals surface area contributed by atoms with E-state index in [-0.39, 0.29) is 23.7 Å². The predicted octanol–water partition coefficient (Wildman–Crippen LogP) is 1.08. The molecule has 2 N–H and O–H groups in total. The van der Waals surface area contributed by atoms with E-state index in [1.807, 2.05) is 6.07 Å². The van der Waals surface area contributed by atoms with E-state index < -0.39 is 5.97 Å². The fourth-order valence-corrected chi connectivity index (χ4v) is 2.22. The number of carbonyl (C=O) groups is 1. The van der Waals surface area contributed by atoms with Crippen LogP contribution in [0.3, 0.4) is 0 Å². The minimum absolute atomic E-state index is 0.0270. The predicted molar refractivity (Wildman–Crippen MR) is 65.5 cm³/mol. The molecule has 1 fully saturated rings. The van der Waals surface area contributed by atoms with Crippen molar-refractivity contribution in [1.29, 1.82) is 5.26 Å². The van der Waals surface area contributed by atoms with Gasteiger partial charge in [-0.3, -0.25) is 0 Å². The van der Waals surface area contributed by atoms with E-state index in [2.05, 4.69) is 4.90 Å². The summed E-state index contributed by atoms with van der Waals surface area (Å²) in [6.45, 7) is 1.73. The van der Waals surface area contributed by atoms with Crippen LogP contribution in [0.25, 0.3) is 0 Å². The first-order chi connectivity index (χ1) is 8.65. The van der Waals surface area contributed by atoms with Gasteiger partial charge in [0.15, 0.2) is 0 Å². The van der Waals surface area contributed by atoms with Crippen LogP contribution in [-0.2, 0) is 0 Å². The Morgan fingerprint density at radius 3 is 2.89 bits per heavy atom. The van der Waals surface area contributed by atoms with Crippen LogP contribution in [0.1, 0.15) is 22.3 Å². The van der Waals surface area contributed by atoms with E-state index in [4.69, 9.17) is 15.5 Å². The van der Waals surface area contributed by atoms with E-state index in [9.17, 15) is 4.79 Å². The van der Waals surface area contributed by atoms with Crippen LogP contribution in [-0.4, -0.2) is 35.9 Å². The average molecular weight is 246 g/mol. The van der Waals surface area contributed by atoms with Crippen LogP contribution in [0.5, 0.6) is 0 Å². The largest absolute Gasteiger partial charge is 0.478 e. The number of aromatic carboxylic acids is 1. The number of aliphatic hydroxyl groups excluding tert-OH is 1. The van der Waals surface area contributed by atoms with Crippen molar-refractivity contribution in [2.75, 3.05) is 24.6 Å². The molecule has 1 heterocycles. The van der Waals surface area contributed by atoms with Gasteiger partial charge < -0.3 is 15.1 Å². The topological polar surface area (TPSA) is 84.6 Å². The molecule has 5 heteroatoms. The third kappa shape index (κ3) is 2.29. The Kier molecular flexibility index (Phi) is 3.49. The third-order valence-corrected chi connectivity index (χ3v) is 3.26. The zero-order valence-electron chi connectivity index (χ0n) is 9.83. The molecule has 0 aliphatic carbocycles. The lowest BCUT2D eigenvalue weighted by molar-refractivity contribution is 0.0696. The van der Waals surface area contributed by atoms with Gasteiger partial charge in [0.05, 0.1) is 11.1 Å². The number of hydrogen-bond acceptors (Lipinski definition) is 4. The number of carboxylic acids is 1. The van der Waals surface area contributed by atoms with Gasteiger partial charge in [0.1, 0.15) is 6.07 Å². The number of rotatable bonds is 3. The molecule has 0 amide bonds. The first-order valence-electron chi connectivity index (χ1n) is 5.79. The van der Waals surface area contributed by atoms with E-state index in [1.165, 1.54) is 6.07 Å². The molecule has 0 saturated carbocycles. The molecule has 0 spiro atoms. The van der Waals surface area contributed by atoms with E-state index in [0.717, 1.165) is 25.2 Å². The minimum atomic E-state index is -1.09. The molecule has 1 aliphatic heterocycles. The third-order valence-electron chi connectivity index (χ3n) is 3.26. The van der Waals surface area contributed by atoms with Gasteiger partial charge >= 0.3 is 5.97 Å². The number of anilines is 1. The number of nitrogens with zero attached hydrogens (tertiary/aromatic N) is 2. The fraction of sp³-hybridized carbons (Fsp3) is 0.385. The maximum Gasteiger partial charge on any atom is 0.337 e. The van der Waals surface area contributed by atoms with Gasteiger partial charge in [-0.1, -0.05) is 0 Å². The van der Waals surface area contributed by atoms with Gasteiger partial charge in [0.2, 0.25) is 0 Å². The SMILES string of the molecule is N#Cc1cc(N2CC[C@@H](CO)C2)ccc1C(=O)O. The summed E-state index contributed by atoms with van der Waals surface area (Å²) in [5.74, 6) is -0.831. The van der Waals surface area contributed by atoms with Crippen molar-refractivity contribution < 1.29 is 15.0 Å². The summed E-state index contributed by atoms with van der Waals surface area (Å²) in [5, 5.41) is 27.0. The summed E-state index contributed by atoms with van der Waals surface area (Å²) >= 11 is 0. The van der Waals surface area contributed by atoms with Crippen molar-refractivity contribution in [2.24, 2.45) is 5.92 Å². The molecular weight excluding hydrogens is 232 g/mol. The average Bonchev–Trinajstić information content (AvgIpc) is 2.86. The second-order valence-corrected chi connectivity index (χ2v) is 4.43. The molecule has 1 saturated heterocycles. The Balaban J connectivity index is 2.26. The zero-order valence-corrected chi connectivity index (χ0v) is 9.83. The van der Waals surface area contributed by atoms with E-state index in [1.54, 1.807) is 12.1 Å². The van der Waals surface area contributed by atoms with Crippen LogP contribution in [0.2, 0.25) is 0 Å². The number of aliphatic hydroxyl groups is 1. The monoisotopic (exact) mass is 246 g/mol. The molecule has 0 bridgehead atoms. The summed E-state index contributed by atoms with van der Waals surface area (Å²) in [6.07, 6.45) is 0.916. The molecule has 1 aliphatic rings. The Morgan fingerprint density at radius 1 is 1.56 bits per heavy atom. The van der Waals surface area contributed by atoms with E-state index in [0.29, 0.717) is 0 Å². The normalized spacial score (nSPS) is 18.7. The molecule has 1 atom stereocenters.